The molecule has 0 aliphatic rings. The average Bonchev–Trinajstić information content (AvgIpc) is 1.84. The predicted octanol–water partition coefficient (Wildman–Crippen LogP) is -1.12. The lowest BCUT2D eigenvalue weighted by Gasteiger charge is -2.16. The highest BCUT2D eigenvalue weighted by Gasteiger charge is 2.14. The van der Waals surface area contributed by atoms with Gasteiger partial charge in [-0.3, -0.25) is 9.59 Å². The van der Waals surface area contributed by atoms with Crippen molar-refractivity contribution in [1.82, 2.24) is 4.90 Å². The van der Waals surface area contributed by atoms with E-state index in [9.17, 15) is 9.59 Å². The number of rotatable bonds is 3. The number of hydrogen-bond donors (Lipinski definition) is 2. The van der Waals surface area contributed by atoms with E-state index in [4.69, 9.17) is 10.8 Å². The minimum Gasteiger partial charge on any atom is -0.480 e. The third kappa shape index (κ3) is 3.57. The molecular formula is C6H12N2O3. The van der Waals surface area contributed by atoms with Gasteiger partial charge in [-0.1, -0.05) is 0 Å². The van der Waals surface area contributed by atoms with E-state index in [1.165, 1.54) is 14.0 Å². The number of hydrogen-bond acceptors (Lipinski definition) is 3. The first-order valence-electron chi connectivity index (χ1n) is 3.17. The van der Waals surface area contributed by atoms with Crippen LogP contribution < -0.4 is 5.73 Å². The van der Waals surface area contributed by atoms with Crippen molar-refractivity contribution >= 4 is 11.9 Å². The number of nitrogens with two attached hydrogens (primary N) is 1. The first-order valence-corrected chi connectivity index (χ1v) is 3.17. The van der Waals surface area contributed by atoms with Crippen LogP contribution in [0.4, 0.5) is 0 Å². The molecule has 0 aromatic heterocycles. The van der Waals surface area contributed by atoms with Crippen LogP contribution in [0.2, 0.25) is 0 Å². The summed E-state index contributed by atoms with van der Waals surface area (Å²) in [5.74, 6) is -1.41. The Hall–Kier alpha value is -1.10. The Balaban J connectivity index is 3.93. The van der Waals surface area contributed by atoms with Gasteiger partial charge in [-0.2, -0.15) is 0 Å². The Morgan fingerprint density at radius 1 is 1.64 bits per heavy atom. The molecule has 0 radical (unpaired) electrons. The van der Waals surface area contributed by atoms with Gasteiger partial charge in [0.2, 0.25) is 5.91 Å². The van der Waals surface area contributed by atoms with Crippen LogP contribution in [0.25, 0.3) is 0 Å². The number of amides is 1. The number of carboxylic acid groups (broad SMARTS) is 1. The topological polar surface area (TPSA) is 83.6 Å². The monoisotopic (exact) mass is 160 g/mol. The summed E-state index contributed by atoms with van der Waals surface area (Å²) in [6.45, 7) is 1.21. The van der Waals surface area contributed by atoms with E-state index in [1.54, 1.807) is 0 Å². The molecule has 3 N–H and O–H groups in total. The van der Waals surface area contributed by atoms with Crippen molar-refractivity contribution in [2.24, 2.45) is 5.73 Å². The van der Waals surface area contributed by atoms with Crippen LogP contribution >= 0.6 is 0 Å². The molecule has 0 rings (SSSR count). The summed E-state index contributed by atoms with van der Waals surface area (Å²) in [5.41, 5.74) is 5.23. The summed E-state index contributed by atoms with van der Waals surface area (Å²) < 4.78 is 0. The normalized spacial score (nSPS) is 12.3. The quantitative estimate of drug-likeness (QED) is 0.547. The summed E-state index contributed by atoms with van der Waals surface area (Å²) >= 11 is 0. The minimum atomic E-state index is -1.04. The number of carbonyl (C=O) groups excluding carboxylic acids is 1. The van der Waals surface area contributed by atoms with E-state index >= 15 is 0 Å². The zero-order chi connectivity index (χ0) is 9.02. The van der Waals surface area contributed by atoms with Gasteiger partial charge in [0.1, 0.15) is 6.54 Å². The molecule has 64 valence electrons. The van der Waals surface area contributed by atoms with E-state index in [2.05, 4.69) is 0 Å². The molecule has 0 unspecified atom stereocenters. The summed E-state index contributed by atoms with van der Waals surface area (Å²) in [6.07, 6.45) is 0. The van der Waals surface area contributed by atoms with Crippen LogP contribution in [0.3, 0.4) is 0 Å². The van der Waals surface area contributed by atoms with Gasteiger partial charge in [0.15, 0.2) is 0 Å². The first kappa shape index (κ1) is 9.90. The Labute approximate surface area is 64.8 Å². The second kappa shape index (κ2) is 3.92. The molecule has 0 bridgehead atoms. The van der Waals surface area contributed by atoms with Crippen molar-refractivity contribution in [3.8, 4) is 0 Å². The predicted molar refractivity (Wildman–Crippen MR) is 38.9 cm³/mol. The van der Waals surface area contributed by atoms with Crippen LogP contribution in [0.1, 0.15) is 6.92 Å². The highest BCUT2D eigenvalue weighted by atomic mass is 16.4. The Morgan fingerprint density at radius 2 is 2.09 bits per heavy atom. The van der Waals surface area contributed by atoms with Crippen LogP contribution in [-0.2, 0) is 9.59 Å². The number of nitrogens with zero attached hydrogens (tertiary/aromatic N) is 1. The second-order valence-electron chi connectivity index (χ2n) is 2.38. The molecular weight excluding hydrogens is 148 g/mol. The largest absolute Gasteiger partial charge is 0.480 e. The molecule has 0 saturated carbocycles. The molecule has 0 aliphatic heterocycles. The second-order valence-corrected chi connectivity index (χ2v) is 2.38. The van der Waals surface area contributed by atoms with E-state index < -0.39 is 12.0 Å². The van der Waals surface area contributed by atoms with E-state index in [0.29, 0.717) is 0 Å². The van der Waals surface area contributed by atoms with E-state index in [-0.39, 0.29) is 12.5 Å². The maximum absolute atomic E-state index is 10.9. The van der Waals surface area contributed by atoms with Gasteiger partial charge in [-0.15, -0.1) is 0 Å². The summed E-state index contributed by atoms with van der Waals surface area (Å²) in [7, 11) is 1.40. The van der Waals surface area contributed by atoms with Crippen LogP contribution in [0, 0.1) is 0 Å². The lowest BCUT2D eigenvalue weighted by atomic mass is 10.3. The Bertz CT molecular complexity index is 167. The molecule has 0 aromatic carbocycles. The highest BCUT2D eigenvalue weighted by molar-refractivity contribution is 5.84. The molecule has 0 aromatic rings. The van der Waals surface area contributed by atoms with Crippen LogP contribution in [0.5, 0.6) is 0 Å². The van der Waals surface area contributed by atoms with Gasteiger partial charge in [0.25, 0.3) is 0 Å². The smallest absolute Gasteiger partial charge is 0.323 e. The fourth-order valence-electron chi connectivity index (χ4n) is 0.628. The molecule has 0 fully saturated rings. The Morgan fingerprint density at radius 3 is 2.36 bits per heavy atom. The molecule has 5 heteroatoms. The third-order valence-electron chi connectivity index (χ3n) is 1.14. The van der Waals surface area contributed by atoms with Crippen LogP contribution in [0.15, 0.2) is 0 Å². The number of likely N-dealkylation sites (N-methyl/N-ethyl adjacent to an activating group) is 1. The van der Waals surface area contributed by atoms with Crippen molar-refractivity contribution in [3.63, 3.8) is 0 Å². The first-order chi connectivity index (χ1) is 4.95. The van der Waals surface area contributed by atoms with Gasteiger partial charge in [-0.25, -0.2) is 0 Å². The van der Waals surface area contributed by atoms with Crippen molar-refractivity contribution in [2.75, 3.05) is 13.6 Å². The zero-order valence-electron chi connectivity index (χ0n) is 6.57. The molecule has 0 aliphatic carbocycles. The maximum Gasteiger partial charge on any atom is 0.323 e. The molecule has 1 atom stereocenters. The average molecular weight is 160 g/mol. The van der Waals surface area contributed by atoms with Gasteiger partial charge in [0, 0.05) is 7.05 Å². The van der Waals surface area contributed by atoms with Crippen molar-refractivity contribution < 1.29 is 14.7 Å². The zero-order valence-corrected chi connectivity index (χ0v) is 6.57. The molecule has 11 heavy (non-hydrogen) atoms. The van der Waals surface area contributed by atoms with Gasteiger partial charge >= 0.3 is 5.97 Å². The number of carbonyl (C=O) groups is 2. The number of aliphatic carboxylic acids is 1. The lowest BCUT2D eigenvalue weighted by Crippen LogP contribution is -2.41. The molecule has 0 heterocycles. The van der Waals surface area contributed by atoms with E-state index in [0.717, 1.165) is 4.90 Å². The summed E-state index contributed by atoms with van der Waals surface area (Å²) in [5, 5.41) is 8.28. The summed E-state index contributed by atoms with van der Waals surface area (Å²) in [4.78, 5) is 22.1. The fraction of sp³-hybridized carbons (Fsp3) is 0.667. The molecule has 0 saturated heterocycles. The van der Waals surface area contributed by atoms with Crippen molar-refractivity contribution in [2.45, 2.75) is 13.0 Å². The summed E-state index contributed by atoms with van der Waals surface area (Å²) in [6, 6.07) is -0.639. The van der Waals surface area contributed by atoms with Gasteiger partial charge < -0.3 is 15.7 Å². The van der Waals surface area contributed by atoms with E-state index in [1.807, 2.05) is 0 Å². The molecule has 5 nitrogen and oxygen atoms in total. The van der Waals surface area contributed by atoms with Gasteiger partial charge in [0.05, 0.1) is 6.04 Å². The third-order valence-corrected chi connectivity index (χ3v) is 1.14. The number of carboxylic acids is 1. The highest BCUT2D eigenvalue weighted by Crippen LogP contribution is 1.87. The standard InChI is InChI=1S/C6H12N2O3/c1-4(7)6(11)8(2)3-5(9)10/h4H,3,7H2,1-2H3,(H,9,10)/t4-/m1/s1. The SMILES string of the molecule is C[C@@H](N)C(=O)N(C)CC(=O)O. The molecule has 0 spiro atoms. The van der Waals surface area contributed by atoms with Crippen molar-refractivity contribution in [3.05, 3.63) is 0 Å². The van der Waals surface area contributed by atoms with Gasteiger partial charge in [-0.05, 0) is 6.92 Å². The van der Waals surface area contributed by atoms with Crippen molar-refractivity contribution in [1.29, 1.82) is 0 Å². The maximum atomic E-state index is 10.9. The van der Waals surface area contributed by atoms with Crippen LogP contribution in [-0.4, -0.2) is 41.5 Å². The Kier molecular flexibility index (Phi) is 3.53. The minimum absolute atomic E-state index is 0.305. The molecule has 1 amide bonds. The fourth-order valence-corrected chi connectivity index (χ4v) is 0.628. The lowest BCUT2D eigenvalue weighted by molar-refractivity contribution is -0.143.